The smallest absolute Gasteiger partial charge is 0.416 e. The van der Waals surface area contributed by atoms with Crippen molar-refractivity contribution in [1.29, 1.82) is 0 Å². The molecule has 0 aliphatic rings. The molecule has 2 aromatic rings. The predicted octanol–water partition coefficient (Wildman–Crippen LogP) is 5.96. The summed E-state index contributed by atoms with van der Waals surface area (Å²) in [6.07, 6.45) is -5.60. The lowest BCUT2D eigenvalue weighted by molar-refractivity contribution is -0.385. The summed E-state index contributed by atoms with van der Waals surface area (Å²) in [5.74, 6) is -0.740. The van der Waals surface area contributed by atoms with Crippen molar-refractivity contribution in [3.05, 3.63) is 62.7 Å². The zero-order valence-corrected chi connectivity index (χ0v) is 18.2. The van der Waals surface area contributed by atoms with E-state index in [0.717, 1.165) is 18.2 Å². The molecule has 0 heterocycles. The van der Waals surface area contributed by atoms with Crippen LogP contribution in [0.4, 0.5) is 18.9 Å². The average molecular weight is 476 g/mol. The van der Waals surface area contributed by atoms with Crippen molar-refractivity contribution in [1.82, 2.24) is 0 Å². The predicted molar refractivity (Wildman–Crippen MR) is 110 cm³/mol. The highest BCUT2D eigenvalue weighted by molar-refractivity contribution is 6.32. The van der Waals surface area contributed by atoms with Gasteiger partial charge in [-0.2, -0.15) is 13.2 Å². The highest BCUT2D eigenvalue weighted by atomic mass is 35.5. The summed E-state index contributed by atoms with van der Waals surface area (Å²) in [4.78, 5) is 22.9. The molecule has 11 heteroatoms. The molecule has 0 aliphatic carbocycles. The van der Waals surface area contributed by atoms with Crippen molar-refractivity contribution in [2.75, 3.05) is 6.61 Å². The SMILES string of the molecule is CC(C)OCC(C)OC(=O)Cc1cc(Oc2ccc(C(F)(F)F)cc2Cl)ccc1[N+](=O)[O-]. The van der Waals surface area contributed by atoms with Crippen molar-refractivity contribution < 1.29 is 37.1 Å². The molecule has 0 aromatic heterocycles. The molecular weight excluding hydrogens is 455 g/mol. The lowest BCUT2D eigenvalue weighted by Crippen LogP contribution is -2.23. The molecule has 0 N–H and O–H groups in total. The van der Waals surface area contributed by atoms with Gasteiger partial charge >= 0.3 is 12.1 Å². The Balaban J connectivity index is 2.19. The number of hydrogen-bond donors (Lipinski definition) is 0. The molecule has 0 saturated carbocycles. The van der Waals surface area contributed by atoms with Crippen LogP contribution in [0.15, 0.2) is 36.4 Å². The van der Waals surface area contributed by atoms with Crippen LogP contribution in [0.25, 0.3) is 0 Å². The maximum Gasteiger partial charge on any atom is 0.416 e. The molecular formula is C21H21ClF3NO6. The molecule has 2 rings (SSSR count). The van der Waals surface area contributed by atoms with Gasteiger partial charge in [0.1, 0.15) is 17.6 Å². The first kappa shape index (κ1) is 25.4. The second-order valence-electron chi connectivity index (χ2n) is 7.15. The van der Waals surface area contributed by atoms with E-state index in [0.29, 0.717) is 6.07 Å². The fourth-order valence-corrected chi connectivity index (χ4v) is 2.83. The van der Waals surface area contributed by atoms with Gasteiger partial charge in [-0.25, -0.2) is 0 Å². The molecule has 0 spiro atoms. The fourth-order valence-electron chi connectivity index (χ4n) is 2.62. The molecule has 0 aliphatic heterocycles. The molecule has 7 nitrogen and oxygen atoms in total. The first-order chi connectivity index (χ1) is 14.9. The quantitative estimate of drug-likeness (QED) is 0.252. The third-order valence-corrected chi connectivity index (χ3v) is 4.36. The summed E-state index contributed by atoms with van der Waals surface area (Å²) in [5.41, 5.74) is -1.27. The molecule has 1 unspecified atom stereocenters. The van der Waals surface area contributed by atoms with Crippen LogP contribution < -0.4 is 4.74 Å². The minimum absolute atomic E-state index is 0.0116. The van der Waals surface area contributed by atoms with Crippen molar-refractivity contribution in [2.45, 2.75) is 45.6 Å². The molecule has 0 radical (unpaired) electrons. The van der Waals surface area contributed by atoms with Gasteiger partial charge in [0.25, 0.3) is 5.69 Å². The van der Waals surface area contributed by atoms with Gasteiger partial charge < -0.3 is 14.2 Å². The minimum atomic E-state index is -4.57. The molecule has 0 fully saturated rings. The summed E-state index contributed by atoms with van der Waals surface area (Å²) < 4.78 is 54.4. The van der Waals surface area contributed by atoms with E-state index in [4.69, 9.17) is 25.8 Å². The topological polar surface area (TPSA) is 87.9 Å². The molecule has 0 bridgehead atoms. The van der Waals surface area contributed by atoms with E-state index in [1.54, 1.807) is 6.92 Å². The third-order valence-electron chi connectivity index (χ3n) is 4.07. The lowest BCUT2D eigenvalue weighted by Gasteiger charge is -2.15. The zero-order valence-electron chi connectivity index (χ0n) is 17.4. The van der Waals surface area contributed by atoms with Crippen LogP contribution in [0.5, 0.6) is 11.5 Å². The average Bonchev–Trinajstić information content (AvgIpc) is 2.67. The number of ether oxygens (including phenoxy) is 3. The number of nitrogens with zero attached hydrogens (tertiary/aromatic N) is 1. The number of nitro benzene ring substituents is 1. The largest absolute Gasteiger partial charge is 0.460 e. The molecule has 0 amide bonds. The van der Waals surface area contributed by atoms with Crippen LogP contribution in [0.3, 0.4) is 0 Å². The Hall–Kier alpha value is -2.85. The second kappa shape index (κ2) is 10.6. The Morgan fingerprint density at radius 1 is 1.16 bits per heavy atom. The summed E-state index contributed by atoms with van der Waals surface area (Å²) in [6.45, 7) is 5.44. The number of carbonyl (C=O) groups is 1. The fraction of sp³-hybridized carbons (Fsp3) is 0.381. The molecule has 32 heavy (non-hydrogen) atoms. The first-order valence-electron chi connectivity index (χ1n) is 9.49. The van der Waals surface area contributed by atoms with E-state index in [-0.39, 0.29) is 40.5 Å². The van der Waals surface area contributed by atoms with Crippen LogP contribution in [-0.2, 0) is 26.9 Å². The second-order valence-corrected chi connectivity index (χ2v) is 7.56. The van der Waals surface area contributed by atoms with Crippen molar-refractivity contribution in [2.24, 2.45) is 0 Å². The van der Waals surface area contributed by atoms with Crippen LogP contribution in [0.1, 0.15) is 31.9 Å². The van der Waals surface area contributed by atoms with E-state index >= 15 is 0 Å². The summed E-state index contributed by atoms with van der Waals surface area (Å²) in [5, 5.41) is 11.0. The Morgan fingerprint density at radius 3 is 2.41 bits per heavy atom. The van der Waals surface area contributed by atoms with Crippen LogP contribution in [0, 0.1) is 10.1 Å². The zero-order chi connectivity index (χ0) is 24.1. The van der Waals surface area contributed by atoms with Crippen LogP contribution in [-0.4, -0.2) is 29.7 Å². The molecule has 1 atom stereocenters. The van der Waals surface area contributed by atoms with Crippen molar-refractivity contribution in [3.63, 3.8) is 0 Å². The molecule has 0 saturated heterocycles. The van der Waals surface area contributed by atoms with Gasteiger partial charge in [0.05, 0.1) is 34.6 Å². The highest BCUT2D eigenvalue weighted by Gasteiger charge is 2.31. The lowest BCUT2D eigenvalue weighted by atomic mass is 10.1. The number of hydrogen-bond acceptors (Lipinski definition) is 6. The van der Waals surface area contributed by atoms with Crippen molar-refractivity contribution >= 4 is 23.3 Å². The van der Waals surface area contributed by atoms with E-state index in [9.17, 15) is 28.1 Å². The Kier molecular flexibility index (Phi) is 8.45. The normalized spacial score (nSPS) is 12.5. The third kappa shape index (κ3) is 7.38. The summed E-state index contributed by atoms with van der Waals surface area (Å²) >= 11 is 5.88. The van der Waals surface area contributed by atoms with Gasteiger partial charge in [-0.15, -0.1) is 0 Å². The van der Waals surface area contributed by atoms with Gasteiger partial charge in [0.2, 0.25) is 0 Å². The summed E-state index contributed by atoms with van der Waals surface area (Å²) in [6, 6.07) is 6.16. The van der Waals surface area contributed by atoms with Gasteiger partial charge in [-0.3, -0.25) is 14.9 Å². The Bertz CT molecular complexity index is 980. The number of esters is 1. The van der Waals surface area contributed by atoms with Gasteiger partial charge in [-0.05, 0) is 51.1 Å². The standard InChI is InChI=1S/C21H21ClF3NO6/c1-12(2)30-11-13(3)31-20(27)9-14-8-16(5-6-18(14)26(28)29)32-19-7-4-15(10-17(19)22)21(23,24)25/h4-8,10,12-13H,9,11H2,1-3H3. The van der Waals surface area contributed by atoms with E-state index in [1.165, 1.54) is 12.1 Å². The number of carbonyl (C=O) groups excluding carboxylic acids is 1. The maximum absolute atomic E-state index is 12.8. The van der Waals surface area contributed by atoms with Gasteiger partial charge in [-0.1, -0.05) is 11.6 Å². The van der Waals surface area contributed by atoms with E-state index in [2.05, 4.69) is 0 Å². The Labute approximate surface area is 187 Å². The Morgan fingerprint density at radius 2 is 1.84 bits per heavy atom. The van der Waals surface area contributed by atoms with E-state index < -0.39 is 35.2 Å². The minimum Gasteiger partial charge on any atom is -0.460 e. The highest BCUT2D eigenvalue weighted by Crippen LogP contribution is 2.37. The number of alkyl halides is 3. The molecule has 174 valence electrons. The monoisotopic (exact) mass is 475 g/mol. The first-order valence-corrected chi connectivity index (χ1v) is 9.87. The van der Waals surface area contributed by atoms with Crippen molar-refractivity contribution in [3.8, 4) is 11.5 Å². The van der Waals surface area contributed by atoms with Crippen LogP contribution in [0.2, 0.25) is 5.02 Å². The summed E-state index contributed by atoms with van der Waals surface area (Å²) in [7, 11) is 0. The maximum atomic E-state index is 12.8. The number of benzene rings is 2. The number of rotatable bonds is 9. The molecule has 2 aromatic carbocycles. The number of halogens is 4. The van der Waals surface area contributed by atoms with E-state index in [1.807, 2.05) is 13.8 Å². The van der Waals surface area contributed by atoms with Crippen LogP contribution >= 0.6 is 11.6 Å². The number of nitro groups is 1. The van der Waals surface area contributed by atoms with Gasteiger partial charge in [0, 0.05) is 11.6 Å². The van der Waals surface area contributed by atoms with Gasteiger partial charge in [0.15, 0.2) is 0 Å².